The first-order chi connectivity index (χ1) is 11.2. The van der Waals surface area contributed by atoms with E-state index in [9.17, 15) is 4.39 Å². The molecule has 0 N–H and O–H groups in total. The lowest BCUT2D eigenvalue weighted by molar-refractivity contribution is 0.216. The number of rotatable bonds is 3. The van der Waals surface area contributed by atoms with Crippen LogP contribution in [0.25, 0.3) is 0 Å². The topological polar surface area (TPSA) is 32.3 Å². The standard InChI is InChI=1S/C17H21FN4S/c18-14-9-19-16(20-10-14)22-6-2-4-17(13-22)5-7-21(12-17)11-15-3-1-8-23-15/h1,3,8-10H,2,4-7,11-13H2/t17-/m0/s1. The van der Waals surface area contributed by atoms with Gasteiger partial charge in [0.1, 0.15) is 0 Å². The van der Waals surface area contributed by atoms with E-state index in [2.05, 4.69) is 37.3 Å². The van der Waals surface area contributed by atoms with Gasteiger partial charge in [0.15, 0.2) is 5.82 Å². The average Bonchev–Trinajstić information content (AvgIpc) is 3.19. The van der Waals surface area contributed by atoms with Crippen LogP contribution in [-0.2, 0) is 6.54 Å². The van der Waals surface area contributed by atoms with E-state index in [4.69, 9.17) is 0 Å². The van der Waals surface area contributed by atoms with Gasteiger partial charge in [0.2, 0.25) is 5.95 Å². The molecule has 2 aromatic heterocycles. The number of anilines is 1. The van der Waals surface area contributed by atoms with Crippen LogP contribution in [0, 0.1) is 11.2 Å². The molecule has 2 aromatic rings. The first kappa shape index (κ1) is 15.0. The summed E-state index contributed by atoms with van der Waals surface area (Å²) in [6.07, 6.45) is 6.19. The van der Waals surface area contributed by atoms with Crippen LogP contribution in [0.15, 0.2) is 29.9 Å². The molecule has 2 aliphatic rings. The minimum absolute atomic E-state index is 0.341. The predicted octanol–water partition coefficient (Wildman–Crippen LogP) is 3.17. The van der Waals surface area contributed by atoms with Gasteiger partial charge in [-0.3, -0.25) is 4.90 Å². The highest BCUT2D eigenvalue weighted by Gasteiger charge is 2.41. The third-order valence-corrected chi connectivity index (χ3v) is 5.89. The molecular weight excluding hydrogens is 311 g/mol. The highest BCUT2D eigenvalue weighted by atomic mass is 32.1. The fourth-order valence-electron chi connectivity index (χ4n) is 3.97. The lowest BCUT2D eigenvalue weighted by Gasteiger charge is -2.40. The zero-order chi connectivity index (χ0) is 15.7. The van der Waals surface area contributed by atoms with Gasteiger partial charge in [-0.1, -0.05) is 6.07 Å². The Balaban J connectivity index is 1.43. The van der Waals surface area contributed by atoms with Crippen LogP contribution in [0.1, 0.15) is 24.1 Å². The van der Waals surface area contributed by atoms with E-state index in [1.165, 1.54) is 30.1 Å². The molecule has 1 atom stereocenters. The van der Waals surface area contributed by atoms with Gasteiger partial charge in [0.05, 0.1) is 12.4 Å². The molecule has 1 spiro atoms. The van der Waals surface area contributed by atoms with Crippen LogP contribution in [0.4, 0.5) is 10.3 Å². The van der Waals surface area contributed by atoms with Crippen molar-refractivity contribution in [3.8, 4) is 0 Å². The average molecular weight is 332 g/mol. The third kappa shape index (κ3) is 3.23. The molecule has 2 fully saturated rings. The van der Waals surface area contributed by atoms with Crippen molar-refractivity contribution >= 4 is 17.3 Å². The number of piperidine rings is 1. The highest BCUT2D eigenvalue weighted by molar-refractivity contribution is 7.09. The second-order valence-corrected chi connectivity index (χ2v) is 7.80. The van der Waals surface area contributed by atoms with Crippen molar-refractivity contribution < 1.29 is 4.39 Å². The fraction of sp³-hybridized carbons (Fsp3) is 0.529. The van der Waals surface area contributed by atoms with Gasteiger partial charge in [-0.2, -0.15) is 0 Å². The van der Waals surface area contributed by atoms with Crippen molar-refractivity contribution in [2.75, 3.05) is 31.1 Å². The maximum atomic E-state index is 13.0. The molecule has 2 aliphatic heterocycles. The monoisotopic (exact) mass is 332 g/mol. The minimum Gasteiger partial charge on any atom is -0.340 e. The van der Waals surface area contributed by atoms with Crippen LogP contribution in [0.2, 0.25) is 0 Å². The number of hydrogen-bond donors (Lipinski definition) is 0. The smallest absolute Gasteiger partial charge is 0.225 e. The normalized spacial score (nSPS) is 25.3. The van der Waals surface area contributed by atoms with E-state index in [-0.39, 0.29) is 5.82 Å². The maximum Gasteiger partial charge on any atom is 0.225 e. The van der Waals surface area contributed by atoms with E-state index in [1.54, 1.807) is 0 Å². The van der Waals surface area contributed by atoms with Gasteiger partial charge < -0.3 is 4.90 Å². The van der Waals surface area contributed by atoms with Gasteiger partial charge in [-0.15, -0.1) is 11.3 Å². The van der Waals surface area contributed by atoms with Gasteiger partial charge in [0.25, 0.3) is 0 Å². The summed E-state index contributed by atoms with van der Waals surface area (Å²) in [5, 5.41) is 2.15. The molecule has 4 rings (SSSR count). The van der Waals surface area contributed by atoms with Crippen LogP contribution in [0.3, 0.4) is 0 Å². The van der Waals surface area contributed by atoms with Crippen LogP contribution < -0.4 is 4.90 Å². The van der Waals surface area contributed by atoms with E-state index in [0.717, 1.165) is 39.1 Å². The molecule has 0 radical (unpaired) electrons. The molecule has 0 saturated carbocycles. The Labute approximate surface area is 140 Å². The van der Waals surface area contributed by atoms with Crippen LogP contribution in [-0.4, -0.2) is 41.0 Å². The summed E-state index contributed by atoms with van der Waals surface area (Å²) in [6, 6.07) is 4.34. The van der Waals surface area contributed by atoms with Gasteiger partial charge in [0, 0.05) is 36.5 Å². The summed E-state index contributed by atoms with van der Waals surface area (Å²) in [4.78, 5) is 14.6. The Morgan fingerprint density at radius 3 is 2.83 bits per heavy atom. The number of likely N-dealkylation sites (tertiary alicyclic amines) is 1. The zero-order valence-electron chi connectivity index (χ0n) is 13.1. The summed E-state index contributed by atoms with van der Waals surface area (Å²) < 4.78 is 13.0. The van der Waals surface area contributed by atoms with Crippen molar-refractivity contribution in [3.63, 3.8) is 0 Å². The Morgan fingerprint density at radius 2 is 2.04 bits per heavy atom. The fourth-order valence-corrected chi connectivity index (χ4v) is 4.71. The molecule has 6 heteroatoms. The van der Waals surface area contributed by atoms with Crippen molar-refractivity contribution in [1.82, 2.24) is 14.9 Å². The molecular formula is C17H21FN4S. The molecule has 0 aromatic carbocycles. The van der Waals surface area contributed by atoms with Crippen LogP contribution in [0.5, 0.6) is 0 Å². The minimum atomic E-state index is -0.372. The largest absolute Gasteiger partial charge is 0.340 e. The summed E-state index contributed by atoms with van der Waals surface area (Å²) in [5.74, 6) is 0.297. The van der Waals surface area contributed by atoms with Crippen molar-refractivity contribution in [1.29, 1.82) is 0 Å². The molecule has 0 bridgehead atoms. The summed E-state index contributed by atoms with van der Waals surface area (Å²) in [5.41, 5.74) is 0.341. The second kappa shape index (κ2) is 6.17. The van der Waals surface area contributed by atoms with E-state index in [0.29, 0.717) is 11.4 Å². The Hall–Kier alpha value is -1.53. The molecule has 122 valence electrons. The summed E-state index contributed by atoms with van der Waals surface area (Å²) in [7, 11) is 0. The summed E-state index contributed by atoms with van der Waals surface area (Å²) >= 11 is 1.84. The molecule has 2 saturated heterocycles. The van der Waals surface area contributed by atoms with Crippen molar-refractivity contribution in [2.45, 2.75) is 25.8 Å². The zero-order valence-corrected chi connectivity index (χ0v) is 13.9. The molecule has 4 nitrogen and oxygen atoms in total. The molecule has 0 aliphatic carbocycles. The number of hydrogen-bond acceptors (Lipinski definition) is 5. The summed E-state index contributed by atoms with van der Waals surface area (Å²) in [6.45, 7) is 5.32. The molecule has 0 amide bonds. The quantitative estimate of drug-likeness (QED) is 0.864. The van der Waals surface area contributed by atoms with E-state index < -0.39 is 0 Å². The van der Waals surface area contributed by atoms with Crippen molar-refractivity contribution in [2.24, 2.45) is 5.41 Å². The highest BCUT2D eigenvalue weighted by Crippen LogP contribution is 2.40. The van der Waals surface area contributed by atoms with Crippen LogP contribution >= 0.6 is 11.3 Å². The molecule has 0 unspecified atom stereocenters. The number of nitrogens with zero attached hydrogens (tertiary/aromatic N) is 4. The van der Waals surface area contributed by atoms with Gasteiger partial charge in [-0.25, -0.2) is 14.4 Å². The van der Waals surface area contributed by atoms with Gasteiger partial charge in [-0.05, 0) is 37.3 Å². The first-order valence-electron chi connectivity index (χ1n) is 8.20. The molecule has 23 heavy (non-hydrogen) atoms. The van der Waals surface area contributed by atoms with Crippen molar-refractivity contribution in [3.05, 3.63) is 40.6 Å². The van der Waals surface area contributed by atoms with E-state index in [1.807, 2.05) is 11.3 Å². The lowest BCUT2D eigenvalue weighted by atomic mass is 9.79. The maximum absolute atomic E-state index is 13.0. The predicted molar refractivity (Wildman–Crippen MR) is 90.1 cm³/mol. The second-order valence-electron chi connectivity index (χ2n) is 6.77. The first-order valence-corrected chi connectivity index (χ1v) is 9.08. The van der Waals surface area contributed by atoms with E-state index >= 15 is 0 Å². The van der Waals surface area contributed by atoms with Gasteiger partial charge >= 0.3 is 0 Å². The SMILES string of the molecule is Fc1cnc(N2CCC[C@@]3(CCN(Cc4cccs4)C3)C2)nc1. The third-order valence-electron chi connectivity index (χ3n) is 5.03. The molecule has 4 heterocycles. The number of aromatic nitrogens is 2. The number of halogens is 1. The Morgan fingerprint density at radius 1 is 1.17 bits per heavy atom. The Kier molecular flexibility index (Phi) is 4.03. The lowest BCUT2D eigenvalue weighted by Crippen LogP contribution is -2.45. The Bertz CT molecular complexity index is 645. The number of thiophene rings is 1.